The predicted molar refractivity (Wildman–Crippen MR) is 31.1 cm³/mol. The summed E-state index contributed by atoms with van der Waals surface area (Å²) in [4.78, 5) is 29.4. The van der Waals surface area contributed by atoms with Crippen molar-refractivity contribution in [1.29, 1.82) is 0 Å². The first-order valence-corrected chi connectivity index (χ1v) is 1.99. The second kappa shape index (κ2) is 4.49. The molecule has 0 unspecified atom stereocenters. The first kappa shape index (κ1) is 11.4. The standard InChI is InChI=1S/C4H4O5.CH4/c1-2(5)9-4(8)3(6)7;/h1H3,(H,6,7);1H4. The van der Waals surface area contributed by atoms with E-state index in [-0.39, 0.29) is 7.43 Å². The quantitative estimate of drug-likeness (QED) is 0.292. The zero-order valence-corrected chi connectivity index (χ0v) is 4.58. The van der Waals surface area contributed by atoms with Gasteiger partial charge in [-0.1, -0.05) is 7.43 Å². The molecular formula is C5H8O5. The molecule has 5 nitrogen and oxygen atoms in total. The van der Waals surface area contributed by atoms with Gasteiger partial charge in [-0.3, -0.25) is 4.79 Å². The fourth-order valence-electron chi connectivity index (χ4n) is 0.174. The first-order chi connectivity index (χ1) is 4.04. The number of aliphatic carboxylic acids is 1. The molecule has 1 N–H and O–H groups in total. The number of carboxylic acids is 1. The number of ether oxygens (including phenoxy) is 1. The molecule has 0 aliphatic carbocycles. The lowest BCUT2D eigenvalue weighted by Crippen LogP contribution is -2.18. The van der Waals surface area contributed by atoms with Crippen LogP contribution in [0.3, 0.4) is 0 Å². The van der Waals surface area contributed by atoms with Crippen molar-refractivity contribution in [3.63, 3.8) is 0 Å². The molecule has 0 aromatic carbocycles. The molecule has 10 heavy (non-hydrogen) atoms. The van der Waals surface area contributed by atoms with Gasteiger partial charge >= 0.3 is 17.9 Å². The molecule has 0 atom stereocenters. The summed E-state index contributed by atoms with van der Waals surface area (Å²) >= 11 is 0. The molecule has 0 aromatic heterocycles. The van der Waals surface area contributed by atoms with Crippen molar-refractivity contribution in [3.8, 4) is 0 Å². The molecule has 0 saturated carbocycles. The van der Waals surface area contributed by atoms with Crippen LogP contribution >= 0.6 is 0 Å². The highest BCUT2D eigenvalue weighted by atomic mass is 16.6. The number of hydrogen-bond donors (Lipinski definition) is 1. The van der Waals surface area contributed by atoms with Gasteiger partial charge in [0, 0.05) is 6.92 Å². The second-order valence-electron chi connectivity index (χ2n) is 1.19. The van der Waals surface area contributed by atoms with E-state index in [9.17, 15) is 14.4 Å². The van der Waals surface area contributed by atoms with E-state index < -0.39 is 17.9 Å². The molecular weight excluding hydrogens is 140 g/mol. The van der Waals surface area contributed by atoms with Crippen LogP contribution in [-0.4, -0.2) is 23.0 Å². The number of carboxylic acid groups (broad SMARTS) is 1. The van der Waals surface area contributed by atoms with Crippen LogP contribution in [0.4, 0.5) is 0 Å². The highest BCUT2D eigenvalue weighted by Gasteiger charge is 2.14. The molecule has 0 spiro atoms. The Hall–Kier alpha value is -1.39. The van der Waals surface area contributed by atoms with Crippen LogP contribution in [0.15, 0.2) is 0 Å². The Bertz CT molecular complexity index is 159. The van der Waals surface area contributed by atoms with Gasteiger partial charge in [0.15, 0.2) is 0 Å². The van der Waals surface area contributed by atoms with Crippen LogP contribution < -0.4 is 0 Å². The summed E-state index contributed by atoms with van der Waals surface area (Å²) in [5.74, 6) is -4.25. The SMILES string of the molecule is C.CC(=O)OC(=O)C(=O)O. The lowest BCUT2D eigenvalue weighted by molar-refractivity contribution is -0.169. The van der Waals surface area contributed by atoms with Crippen LogP contribution in [0.1, 0.15) is 14.4 Å². The summed E-state index contributed by atoms with van der Waals surface area (Å²) in [7, 11) is 0. The second-order valence-corrected chi connectivity index (χ2v) is 1.19. The third kappa shape index (κ3) is 4.76. The average molecular weight is 148 g/mol. The van der Waals surface area contributed by atoms with Crippen molar-refractivity contribution in [1.82, 2.24) is 0 Å². The number of rotatable bonds is 0. The third-order valence-corrected chi connectivity index (χ3v) is 0.411. The van der Waals surface area contributed by atoms with E-state index >= 15 is 0 Å². The van der Waals surface area contributed by atoms with Crippen molar-refractivity contribution in [2.75, 3.05) is 0 Å². The monoisotopic (exact) mass is 148 g/mol. The van der Waals surface area contributed by atoms with Gasteiger partial charge in [0.1, 0.15) is 0 Å². The smallest absolute Gasteiger partial charge is 0.424 e. The molecule has 58 valence electrons. The number of hydrogen-bond acceptors (Lipinski definition) is 4. The molecule has 0 aliphatic rings. The summed E-state index contributed by atoms with van der Waals surface area (Å²) in [6, 6.07) is 0. The Morgan fingerprint density at radius 2 is 1.70 bits per heavy atom. The van der Waals surface area contributed by atoms with Crippen LogP contribution in [0.2, 0.25) is 0 Å². The Balaban J connectivity index is 0. The largest absolute Gasteiger partial charge is 0.473 e. The Labute approximate surface area is 57.6 Å². The Morgan fingerprint density at radius 1 is 1.30 bits per heavy atom. The maximum atomic E-state index is 9.91. The van der Waals surface area contributed by atoms with Crippen LogP contribution in [0.5, 0.6) is 0 Å². The van der Waals surface area contributed by atoms with Crippen molar-refractivity contribution >= 4 is 17.9 Å². The molecule has 0 heterocycles. The van der Waals surface area contributed by atoms with E-state index in [4.69, 9.17) is 5.11 Å². The minimum atomic E-state index is -1.77. The highest BCUT2D eigenvalue weighted by molar-refractivity contribution is 6.30. The van der Waals surface area contributed by atoms with Crippen LogP contribution in [-0.2, 0) is 19.1 Å². The van der Waals surface area contributed by atoms with Gasteiger partial charge in [0.2, 0.25) is 0 Å². The highest BCUT2D eigenvalue weighted by Crippen LogP contribution is 1.77. The van der Waals surface area contributed by atoms with Crippen molar-refractivity contribution in [3.05, 3.63) is 0 Å². The molecule has 0 amide bonds. The summed E-state index contributed by atoms with van der Waals surface area (Å²) in [6.45, 7) is 0.945. The minimum Gasteiger partial charge on any atom is -0.473 e. The van der Waals surface area contributed by atoms with Gasteiger partial charge in [-0.2, -0.15) is 0 Å². The summed E-state index contributed by atoms with van der Waals surface area (Å²) < 4.78 is 3.63. The van der Waals surface area contributed by atoms with E-state index in [1.165, 1.54) is 0 Å². The maximum absolute atomic E-state index is 9.91. The molecule has 0 bridgehead atoms. The zero-order valence-electron chi connectivity index (χ0n) is 4.58. The van der Waals surface area contributed by atoms with Crippen molar-refractivity contribution in [2.24, 2.45) is 0 Å². The first-order valence-electron chi connectivity index (χ1n) is 1.99. The minimum absolute atomic E-state index is 0. The molecule has 0 rings (SSSR count). The maximum Gasteiger partial charge on any atom is 0.424 e. The van der Waals surface area contributed by atoms with Gasteiger partial charge in [0.25, 0.3) is 0 Å². The third-order valence-electron chi connectivity index (χ3n) is 0.411. The molecule has 0 aliphatic heterocycles. The van der Waals surface area contributed by atoms with Crippen molar-refractivity contribution < 1.29 is 24.2 Å². The Kier molecular flexibility index (Phi) is 5.12. The van der Waals surface area contributed by atoms with E-state index in [0.717, 1.165) is 6.92 Å². The van der Waals surface area contributed by atoms with Gasteiger partial charge in [-0.25, -0.2) is 9.59 Å². The van der Waals surface area contributed by atoms with Gasteiger partial charge in [-0.15, -0.1) is 0 Å². The van der Waals surface area contributed by atoms with Crippen molar-refractivity contribution in [2.45, 2.75) is 14.4 Å². The molecule has 5 heteroatoms. The molecule has 0 fully saturated rings. The molecule has 0 aromatic rings. The molecule has 0 saturated heterocycles. The predicted octanol–water partition coefficient (Wildman–Crippen LogP) is -0.203. The fourth-order valence-corrected chi connectivity index (χ4v) is 0.174. The summed E-state index contributed by atoms with van der Waals surface area (Å²) in [6.07, 6.45) is 0. The van der Waals surface area contributed by atoms with Gasteiger partial charge in [-0.05, 0) is 0 Å². The summed E-state index contributed by atoms with van der Waals surface area (Å²) in [5, 5.41) is 7.80. The number of carbonyl (C=O) groups is 3. The van der Waals surface area contributed by atoms with E-state index in [1.54, 1.807) is 0 Å². The summed E-state index contributed by atoms with van der Waals surface area (Å²) in [5.41, 5.74) is 0. The fraction of sp³-hybridized carbons (Fsp3) is 0.400. The lowest BCUT2D eigenvalue weighted by atomic mass is 10.7. The van der Waals surface area contributed by atoms with E-state index in [2.05, 4.69) is 4.74 Å². The molecule has 0 radical (unpaired) electrons. The number of esters is 2. The normalized spacial score (nSPS) is 7.30. The lowest BCUT2D eigenvalue weighted by Gasteiger charge is -1.90. The Morgan fingerprint density at radius 3 is 1.80 bits per heavy atom. The van der Waals surface area contributed by atoms with E-state index in [1.807, 2.05) is 0 Å². The van der Waals surface area contributed by atoms with Gasteiger partial charge < -0.3 is 9.84 Å². The topological polar surface area (TPSA) is 80.7 Å². The number of carbonyl (C=O) groups excluding carboxylic acids is 2. The van der Waals surface area contributed by atoms with Gasteiger partial charge in [0.05, 0.1) is 0 Å². The van der Waals surface area contributed by atoms with Crippen LogP contribution in [0.25, 0.3) is 0 Å². The van der Waals surface area contributed by atoms with Crippen LogP contribution in [0, 0.1) is 0 Å². The average Bonchev–Trinajstić information content (AvgIpc) is 1.63. The zero-order chi connectivity index (χ0) is 7.44. The van der Waals surface area contributed by atoms with E-state index in [0.29, 0.717) is 0 Å².